The summed E-state index contributed by atoms with van der Waals surface area (Å²) in [7, 11) is 0. The van der Waals surface area contributed by atoms with E-state index in [1.165, 1.54) is 0 Å². The van der Waals surface area contributed by atoms with Crippen molar-refractivity contribution in [3.05, 3.63) is 182 Å². The third-order valence-corrected chi connectivity index (χ3v) is 8.54. The summed E-state index contributed by atoms with van der Waals surface area (Å²) in [4.78, 5) is 5.13. The summed E-state index contributed by atoms with van der Waals surface area (Å²) in [6.45, 7) is 0. The molecule has 220 valence electrons. The normalized spacial score (nSPS) is 14.4. The molecule has 0 N–H and O–H groups in total. The topological polar surface area (TPSA) is 17.8 Å². The molecule has 0 amide bonds. The van der Waals surface area contributed by atoms with Crippen molar-refractivity contribution >= 4 is 32.6 Å². The van der Waals surface area contributed by atoms with Crippen molar-refractivity contribution in [2.24, 2.45) is 0 Å². The van der Waals surface area contributed by atoms with E-state index < -0.39 is 36.3 Å². The lowest BCUT2D eigenvalue weighted by Crippen LogP contribution is -2.02. The highest BCUT2D eigenvalue weighted by molar-refractivity contribution is 6.19. The smallest absolute Gasteiger partial charge is 0.145 e. The number of hydrogen-bond donors (Lipinski definition) is 0. The Labute approximate surface area is 287 Å². The van der Waals surface area contributed by atoms with E-state index in [4.69, 9.17) is 18.7 Å². The van der Waals surface area contributed by atoms with Crippen molar-refractivity contribution in [3.8, 4) is 50.5 Å². The lowest BCUT2D eigenvalue weighted by atomic mass is 9.87. The molecule has 9 aromatic rings. The molecule has 2 nitrogen and oxygen atoms in total. The fourth-order valence-electron chi connectivity index (χ4n) is 6.51. The number of aromatic nitrogens is 2. The van der Waals surface area contributed by atoms with E-state index in [9.17, 15) is 0 Å². The molecular formula is C45H30N2. The number of benzene rings is 8. The molecule has 0 unspecified atom stereocenters. The first-order valence-corrected chi connectivity index (χ1v) is 15.2. The molecule has 0 aliphatic rings. The van der Waals surface area contributed by atoms with Crippen LogP contribution in [-0.4, -0.2) is 9.55 Å². The Kier molecular flexibility index (Phi) is 4.48. The minimum absolute atomic E-state index is 0.0643. The molecule has 0 radical (unpaired) electrons. The monoisotopic (exact) mass is 608 g/mol. The summed E-state index contributed by atoms with van der Waals surface area (Å²) in [5.74, 6) is 0.717. The first-order chi connectivity index (χ1) is 27.5. The molecule has 0 atom stereocenters. The average molecular weight is 609 g/mol. The van der Waals surface area contributed by atoms with E-state index >= 15 is 0 Å². The Morgan fingerprint density at radius 2 is 1.02 bits per heavy atom. The second kappa shape index (κ2) is 11.3. The van der Waals surface area contributed by atoms with Crippen LogP contribution in [0.2, 0.25) is 0 Å². The Hall–Kier alpha value is -6.25. The Morgan fingerprint density at radius 1 is 0.426 bits per heavy atom. The van der Waals surface area contributed by atoms with Crippen LogP contribution in [0, 0.1) is 0 Å². The quantitative estimate of drug-likeness (QED) is 0.178. The van der Waals surface area contributed by atoms with E-state index in [1.807, 2.05) is 103 Å². The highest BCUT2D eigenvalue weighted by Crippen LogP contribution is 2.45. The molecule has 9 rings (SSSR count). The summed E-state index contributed by atoms with van der Waals surface area (Å²) in [5.41, 5.74) is 5.81. The molecule has 8 aromatic carbocycles. The fourth-order valence-corrected chi connectivity index (χ4v) is 6.51. The molecule has 0 saturated heterocycles. The SMILES string of the molecule is [2H]c1c([2H])c([2H])c(-c2cccc(-c3c4ccccc4c(-n4c(-c5ccccc5)nc5ccccc54)c4ccc(-c5c([2H])c([2H])c([2H])c([2H])c5[2H])cc34)c2)c([2H])c1[2H]. The molecule has 0 bridgehead atoms. The Bertz CT molecular complexity index is 3080. The molecule has 0 aliphatic heterocycles. The van der Waals surface area contributed by atoms with Gasteiger partial charge in [-0.05, 0) is 68.4 Å². The third-order valence-electron chi connectivity index (χ3n) is 8.54. The maximum Gasteiger partial charge on any atom is 0.145 e. The summed E-state index contributed by atoms with van der Waals surface area (Å²) >= 11 is 0. The number of fused-ring (bicyclic) bond motifs is 3. The maximum absolute atomic E-state index is 8.85. The Balaban J connectivity index is 1.44. The molecule has 1 heterocycles. The van der Waals surface area contributed by atoms with Crippen molar-refractivity contribution in [1.29, 1.82) is 0 Å². The summed E-state index contributed by atoms with van der Waals surface area (Å²) in [6.07, 6.45) is 0. The number of para-hydroxylation sites is 2. The number of imidazole rings is 1. The third kappa shape index (κ3) is 4.62. The fraction of sp³-hybridized carbons (Fsp3) is 0. The van der Waals surface area contributed by atoms with Crippen LogP contribution in [0.5, 0.6) is 0 Å². The van der Waals surface area contributed by atoms with Gasteiger partial charge >= 0.3 is 0 Å². The molecule has 0 spiro atoms. The van der Waals surface area contributed by atoms with Gasteiger partial charge in [0, 0.05) is 16.3 Å². The predicted octanol–water partition coefficient (Wildman–Crippen LogP) is 12.0. The van der Waals surface area contributed by atoms with E-state index in [1.54, 1.807) is 18.2 Å². The van der Waals surface area contributed by atoms with Crippen molar-refractivity contribution < 1.29 is 13.7 Å². The van der Waals surface area contributed by atoms with Gasteiger partial charge in [0.25, 0.3) is 0 Å². The van der Waals surface area contributed by atoms with Crippen LogP contribution in [0.1, 0.15) is 13.7 Å². The molecule has 2 heteroatoms. The summed E-state index contributed by atoms with van der Waals surface area (Å²) < 4.78 is 87.2. The first-order valence-electron chi connectivity index (χ1n) is 20.2. The van der Waals surface area contributed by atoms with Gasteiger partial charge in [-0.2, -0.15) is 0 Å². The largest absolute Gasteiger partial charge is 0.291 e. The van der Waals surface area contributed by atoms with Crippen molar-refractivity contribution in [3.63, 3.8) is 0 Å². The van der Waals surface area contributed by atoms with Crippen LogP contribution in [0.3, 0.4) is 0 Å². The average Bonchev–Trinajstić information content (AvgIpc) is 3.62. The molecule has 0 saturated carbocycles. The minimum atomic E-state index is -0.478. The van der Waals surface area contributed by atoms with Crippen LogP contribution in [0.4, 0.5) is 0 Å². The highest BCUT2D eigenvalue weighted by atomic mass is 15.1. The van der Waals surface area contributed by atoms with Gasteiger partial charge in [-0.3, -0.25) is 4.57 Å². The van der Waals surface area contributed by atoms with E-state index in [-0.39, 0.29) is 35.3 Å². The van der Waals surface area contributed by atoms with Gasteiger partial charge in [0.2, 0.25) is 0 Å². The zero-order valence-electron chi connectivity index (χ0n) is 34.9. The number of rotatable bonds is 5. The number of hydrogen-bond acceptors (Lipinski definition) is 1. The van der Waals surface area contributed by atoms with Gasteiger partial charge in [0.1, 0.15) is 5.82 Å². The summed E-state index contributed by atoms with van der Waals surface area (Å²) in [5, 5.41) is 3.19. The molecule has 0 fully saturated rings. The zero-order valence-corrected chi connectivity index (χ0v) is 24.9. The van der Waals surface area contributed by atoms with Crippen LogP contribution < -0.4 is 0 Å². The lowest BCUT2D eigenvalue weighted by Gasteiger charge is -2.21. The van der Waals surface area contributed by atoms with Gasteiger partial charge in [0.05, 0.1) is 30.4 Å². The minimum Gasteiger partial charge on any atom is -0.291 e. The van der Waals surface area contributed by atoms with Crippen molar-refractivity contribution in [1.82, 2.24) is 9.55 Å². The van der Waals surface area contributed by atoms with Crippen molar-refractivity contribution in [2.75, 3.05) is 0 Å². The van der Waals surface area contributed by atoms with E-state index in [2.05, 4.69) is 4.57 Å². The molecular weight excluding hydrogens is 569 g/mol. The lowest BCUT2D eigenvalue weighted by molar-refractivity contribution is 1.13. The zero-order chi connectivity index (χ0) is 39.9. The second-order valence-electron chi connectivity index (χ2n) is 11.2. The van der Waals surface area contributed by atoms with Crippen molar-refractivity contribution in [2.45, 2.75) is 0 Å². The Morgan fingerprint density at radius 3 is 1.79 bits per heavy atom. The van der Waals surface area contributed by atoms with Gasteiger partial charge in [0.15, 0.2) is 0 Å². The second-order valence-corrected chi connectivity index (χ2v) is 11.2. The van der Waals surface area contributed by atoms with Gasteiger partial charge < -0.3 is 0 Å². The number of nitrogens with zero attached hydrogens (tertiary/aromatic N) is 2. The maximum atomic E-state index is 8.85. The van der Waals surface area contributed by atoms with Gasteiger partial charge in [-0.1, -0.05) is 157 Å². The predicted molar refractivity (Wildman–Crippen MR) is 198 cm³/mol. The van der Waals surface area contributed by atoms with Crippen LogP contribution in [-0.2, 0) is 0 Å². The molecule has 1 aromatic heterocycles. The standard InChI is InChI=1S/C45H30N2/c1-4-15-31(16-5-1)34-21-14-22-36(29-34)43-37-23-10-11-24-38(37)44(39-28-27-35(30-40(39)43)32-17-6-2-7-18-32)47-42-26-13-12-25-41(42)46-45(47)33-19-8-3-9-20-33/h1-30H/i1D,2D,4D,5D,6D,7D,15D,16D,17D,18D. The van der Waals surface area contributed by atoms with E-state index in [0.29, 0.717) is 27.9 Å². The van der Waals surface area contributed by atoms with E-state index in [0.717, 1.165) is 44.0 Å². The summed E-state index contributed by atoms with van der Waals surface area (Å²) in [6, 6.07) is 34.6. The van der Waals surface area contributed by atoms with Crippen LogP contribution >= 0.6 is 0 Å². The van der Waals surface area contributed by atoms with Gasteiger partial charge in [-0.15, -0.1) is 0 Å². The first kappa shape index (κ1) is 18.7. The molecule has 0 aliphatic carbocycles. The van der Waals surface area contributed by atoms with Crippen LogP contribution in [0.15, 0.2) is 182 Å². The van der Waals surface area contributed by atoms with Gasteiger partial charge in [-0.25, -0.2) is 4.98 Å². The molecule has 47 heavy (non-hydrogen) atoms. The van der Waals surface area contributed by atoms with Crippen LogP contribution in [0.25, 0.3) is 83.0 Å². The highest BCUT2D eigenvalue weighted by Gasteiger charge is 2.22.